The van der Waals surface area contributed by atoms with Crippen molar-refractivity contribution < 1.29 is 14.3 Å². The molecule has 2 unspecified atom stereocenters. The standard InChI is InChI=1S/C20H28N2O3/c1-13-4-5-16(12-14(13)2)20(8-10-25-11-9-20)19(24)22-17-6-7-18(23)21-15(17)3/h4-5,12,15,17H,6-11H2,1-3H3,(H,21,23)(H,22,24). The van der Waals surface area contributed by atoms with Gasteiger partial charge in [-0.3, -0.25) is 9.59 Å². The number of hydrogen-bond donors (Lipinski definition) is 2. The van der Waals surface area contributed by atoms with Crippen LogP contribution in [0.2, 0.25) is 0 Å². The Kier molecular flexibility index (Phi) is 5.13. The summed E-state index contributed by atoms with van der Waals surface area (Å²) in [6, 6.07) is 6.27. The van der Waals surface area contributed by atoms with E-state index in [9.17, 15) is 9.59 Å². The molecule has 0 spiro atoms. The number of hydrogen-bond acceptors (Lipinski definition) is 3. The van der Waals surface area contributed by atoms with Gasteiger partial charge >= 0.3 is 0 Å². The molecule has 3 rings (SSSR count). The van der Waals surface area contributed by atoms with Crippen LogP contribution in [0.5, 0.6) is 0 Å². The van der Waals surface area contributed by atoms with Crippen molar-refractivity contribution in [3.05, 3.63) is 34.9 Å². The molecule has 2 atom stereocenters. The quantitative estimate of drug-likeness (QED) is 0.883. The molecule has 0 bridgehead atoms. The highest BCUT2D eigenvalue weighted by Gasteiger charge is 2.43. The average molecular weight is 344 g/mol. The molecule has 25 heavy (non-hydrogen) atoms. The maximum Gasteiger partial charge on any atom is 0.231 e. The molecule has 0 radical (unpaired) electrons. The molecule has 1 aromatic carbocycles. The van der Waals surface area contributed by atoms with E-state index in [2.05, 4.69) is 42.7 Å². The molecule has 5 nitrogen and oxygen atoms in total. The van der Waals surface area contributed by atoms with Crippen LogP contribution in [0, 0.1) is 13.8 Å². The Labute approximate surface area is 149 Å². The van der Waals surface area contributed by atoms with E-state index in [4.69, 9.17) is 4.74 Å². The molecule has 0 saturated carbocycles. The Bertz CT molecular complexity index is 665. The number of amides is 2. The monoisotopic (exact) mass is 344 g/mol. The predicted octanol–water partition coefficient (Wildman–Crippen LogP) is 2.13. The van der Waals surface area contributed by atoms with Crippen LogP contribution >= 0.6 is 0 Å². The van der Waals surface area contributed by atoms with E-state index in [1.165, 1.54) is 11.1 Å². The Morgan fingerprint density at radius 2 is 1.96 bits per heavy atom. The molecule has 0 aliphatic carbocycles. The fraction of sp³-hybridized carbons (Fsp3) is 0.600. The number of aryl methyl sites for hydroxylation is 2. The second-order valence-corrected chi connectivity index (χ2v) is 7.47. The summed E-state index contributed by atoms with van der Waals surface area (Å²) in [5.74, 6) is 0.125. The van der Waals surface area contributed by atoms with E-state index in [1.54, 1.807) is 0 Å². The van der Waals surface area contributed by atoms with Gasteiger partial charge in [0.2, 0.25) is 11.8 Å². The normalized spacial score (nSPS) is 26.0. The minimum absolute atomic E-state index is 0.0172. The summed E-state index contributed by atoms with van der Waals surface area (Å²) in [6.45, 7) is 7.31. The Hall–Kier alpha value is -1.88. The lowest BCUT2D eigenvalue weighted by atomic mass is 9.72. The molecule has 2 N–H and O–H groups in total. The van der Waals surface area contributed by atoms with E-state index in [1.807, 2.05) is 6.92 Å². The van der Waals surface area contributed by atoms with Crippen LogP contribution < -0.4 is 10.6 Å². The highest BCUT2D eigenvalue weighted by Crippen LogP contribution is 2.36. The fourth-order valence-electron chi connectivity index (χ4n) is 3.87. The zero-order chi connectivity index (χ0) is 18.0. The molecule has 2 fully saturated rings. The summed E-state index contributed by atoms with van der Waals surface area (Å²) in [5.41, 5.74) is 2.96. The minimum Gasteiger partial charge on any atom is -0.381 e. The number of rotatable bonds is 3. The van der Waals surface area contributed by atoms with Gasteiger partial charge in [-0.2, -0.15) is 0 Å². The van der Waals surface area contributed by atoms with Crippen molar-refractivity contribution >= 4 is 11.8 Å². The first-order chi connectivity index (χ1) is 11.9. The van der Waals surface area contributed by atoms with Crippen LogP contribution in [0.1, 0.15) is 49.3 Å². The van der Waals surface area contributed by atoms with E-state index in [0.29, 0.717) is 38.9 Å². The van der Waals surface area contributed by atoms with Gasteiger partial charge in [0.15, 0.2) is 0 Å². The van der Waals surface area contributed by atoms with Crippen LogP contribution in [0.15, 0.2) is 18.2 Å². The predicted molar refractivity (Wildman–Crippen MR) is 96.4 cm³/mol. The van der Waals surface area contributed by atoms with Crippen LogP contribution in [0.3, 0.4) is 0 Å². The van der Waals surface area contributed by atoms with Crippen molar-refractivity contribution in [2.24, 2.45) is 0 Å². The molecule has 1 aromatic rings. The third-order valence-corrected chi connectivity index (χ3v) is 5.83. The van der Waals surface area contributed by atoms with Gasteiger partial charge in [0.1, 0.15) is 0 Å². The maximum atomic E-state index is 13.3. The molecule has 2 aliphatic heterocycles. The second kappa shape index (κ2) is 7.16. The van der Waals surface area contributed by atoms with Crippen LogP contribution in [0.4, 0.5) is 0 Å². The van der Waals surface area contributed by atoms with Crippen molar-refractivity contribution in [3.63, 3.8) is 0 Å². The van der Waals surface area contributed by atoms with Crippen molar-refractivity contribution in [2.45, 2.75) is 64.0 Å². The highest BCUT2D eigenvalue weighted by atomic mass is 16.5. The summed E-state index contributed by atoms with van der Waals surface area (Å²) < 4.78 is 5.54. The van der Waals surface area contributed by atoms with Crippen LogP contribution in [-0.2, 0) is 19.7 Å². The van der Waals surface area contributed by atoms with Crippen molar-refractivity contribution in [1.82, 2.24) is 10.6 Å². The van der Waals surface area contributed by atoms with Gasteiger partial charge in [0.25, 0.3) is 0 Å². The number of nitrogens with one attached hydrogen (secondary N) is 2. The Balaban J connectivity index is 1.85. The molecule has 5 heteroatoms. The van der Waals surface area contributed by atoms with Crippen LogP contribution in [-0.4, -0.2) is 37.1 Å². The van der Waals surface area contributed by atoms with Gasteiger partial charge in [-0.1, -0.05) is 18.2 Å². The molecule has 136 valence electrons. The topological polar surface area (TPSA) is 67.4 Å². The fourth-order valence-corrected chi connectivity index (χ4v) is 3.87. The molecule has 0 aromatic heterocycles. The average Bonchev–Trinajstić information content (AvgIpc) is 2.60. The summed E-state index contributed by atoms with van der Waals surface area (Å²) in [7, 11) is 0. The first-order valence-electron chi connectivity index (χ1n) is 9.18. The maximum absolute atomic E-state index is 13.3. The van der Waals surface area contributed by atoms with E-state index < -0.39 is 5.41 Å². The van der Waals surface area contributed by atoms with Crippen LogP contribution in [0.25, 0.3) is 0 Å². The summed E-state index contributed by atoms with van der Waals surface area (Å²) in [4.78, 5) is 24.9. The molecule has 2 amide bonds. The summed E-state index contributed by atoms with van der Waals surface area (Å²) in [5, 5.41) is 6.15. The molecule has 2 aliphatic rings. The third-order valence-electron chi connectivity index (χ3n) is 5.83. The van der Waals surface area contributed by atoms with Gasteiger partial charge in [0.05, 0.1) is 5.41 Å². The van der Waals surface area contributed by atoms with Crippen molar-refractivity contribution in [1.29, 1.82) is 0 Å². The minimum atomic E-state index is -0.544. The lowest BCUT2D eigenvalue weighted by molar-refractivity contribution is -0.133. The summed E-state index contributed by atoms with van der Waals surface area (Å²) in [6.07, 6.45) is 2.54. The number of carbonyl (C=O) groups is 2. The molecular weight excluding hydrogens is 316 g/mol. The van der Waals surface area contributed by atoms with E-state index in [0.717, 1.165) is 5.56 Å². The third kappa shape index (κ3) is 3.56. The number of benzene rings is 1. The van der Waals surface area contributed by atoms with Crippen molar-refractivity contribution in [2.75, 3.05) is 13.2 Å². The molecular formula is C20H28N2O3. The van der Waals surface area contributed by atoms with Gasteiger partial charge < -0.3 is 15.4 Å². The number of piperidine rings is 1. The SMILES string of the molecule is Cc1ccc(C2(C(=O)NC3CCC(=O)NC3C)CCOCC2)cc1C. The van der Waals surface area contributed by atoms with E-state index in [-0.39, 0.29) is 23.9 Å². The first-order valence-corrected chi connectivity index (χ1v) is 9.18. The zero-order valence-corrected chi connectivity index (χ0v) is 15.4. The number of carbonyl (C=O) groups excluding carboxylic acids is 2. The largest absolute Gasteiger partial charge is 0.381 e. The highest BCUT2D eigenvalue weighted by molar-refractivity contribution is 5.89. The smallest absolute Gasteiger partial charge is 0.231 e. The van der Waals surface area contributed by atoms with Gasteiger partial charge in [-0.05, 0) is 56.7 Å². The van der Waals surface area contributed by atoms with Gasteiger partial charge in [-0.15, -0.1) is 0 Å². The second-order valence-electron chi connectivity index (χ2n) is 7.47. The molecule has 2 saturated heterocycles. The van der Waals surface area contributed by atoms with Gasteiger partial charge in [-0.25, -0.2) is 0 Å². The Morgan fingerprint density at radius 1 is 1.24 bits per heavy atom. The molecule has 2 heterocycles. The Morgan fingerprint density at radius 3 is 2.60 bits per heavy atom. The first kappa shape index (κ1) is 17.9. The zero-order valence-electron chi connectivity index (χ0n) is 15.4. The number of ether oxygens (including phenoxy) is 1. The van der Waals surface area contributed by atoms with Crippen molar-refractivity contribution in [3.8, 4) is 0 Å². The summed E-state index contributed by atoms with van der Waals surface area (Å²) >= 11 is 0. The lowest BCUT2D eigenvalue weighted by Crippen LogP contribution is -2.58. The lowest BCUT2D eigenvalue weighted by Gasteiger charge is -2.39. The van der Waals surface area contributed by atoms with E-state index >= 15 is 0 Å². The van der Waals surface area contributed by atoms with Gasteiger partial charge in [0, 0.05) is 31.7 Å².